The molecule has 1 atom stereocenters. The van der Waals surface area contributed by atoms with Gasteiger partial charge in [0.05, 0.1) is 6.26 Å². The first-order chi connectivity index (χ1) is 8.15. The van der Waals surface area contributed by atoms with Crippen LogP contribution in [0.2, 0.25) is 0 Å². The maximum Gasteiger partial charge on any atom is 0.284 e. The van der Waals surface area contributed by atoms with Crippen LogP contribution >= 0.6 is 35.0 Å². The van der Waals surface area contributed by atoms with Crippen LogP contribution in [0.25, 0.3) is 11.7 Å². The molecular weight excluding hydrogens is 283 g/mol. The lowest BCUT2D eigenvalue weighted by atomic mass is 10.5. The Morgan fingerprint density at radius 3 is 2.94 bits per heavy atom. The smallest absolute Gasteiger partial charge is 0.284 e. The Balaban J connectivity index is 1.62. The fourth-order valence-corrected chi connectivity index (χ4v) is 3.08. The van der Waals surface area contributed by atoms with Crippen molar-refractivity contribution >= 4 is 35.0 Å². The highest BCUT2D eigenvalue weighted by Crippen LogP contribution is 2.54. The van der Waals surface area contributed by atoms with Gasteiger partial charge in [-0.2, -0.15) is 0 Å². The van der Waals surface area contributed by atoms with Crippen LogP contribution in [-0.4, -0.2) is 20.3 Å². The van der Waals surface area contributed by atoms with E-state index in [1.807, 2.05) is 0 Å². The second kappa shape index (κ2) is 4.23. The Kier molecular flexibility index (Phi) is 2.84. The number of thioether (sulfide) groups is 1. The molecule has 0 unspecified atom stereocenters. The molecule has 17 heavy (non-hydrogen) atoms. The molecule has 1 aliphatic carbocycles. The minimum atomic E-state index is -0.559. The zero-order chi connectivity index (χ0) is 11.9. The van der Waals surface area contributed by atoms with Gasteiger partial charge in [-0.1, -0.05) is 11.8 Å². The first-order valence-corrected chi connectivity index (χ1v) is 6.77. The summed E-state index contributed by atoms with van der Waals surface area (Å²) < 4.78 is 10.0. The summed E-state index contributed by atoms with van der Waals surface area (Å²) in [6, 6.07) is 3.54. The fourth-order valence-electron chi connectivity index (χ4n) is 1.39. The Labute approximate surface area is 112 Å². The van der Waals surface area contributed by atoms with Gasteiger partial charge in [0.2, 0.25) is 0 Å². The molecule has 1 saturated carbocycles. The average Bonchev–Trinajstić information content (AvgIpc) is 2.81. The normalized spacial score (nSPS) is 21.6. The first kappa shape index (κ1) is 11.4. The topological polar surface area (TPSA) is 52.1 Å². The summed E-state index contributed by atoms with van der Waals surface area (Å²) in [5, 5.41) is 8.32. The quantitative estimate of drug-likeness (QED) is 0.636. The van der Waals surface area contributed by atoms with Gasteiger partial charge in [-0.3, -0.25) is 0 Å². The molecule has 4 nitrogen and oxygen atoms in total. The molecule has 90 valence electrons. The van der Waals surface area contributed by atoms with Gasteiger partial charge in [0.1, 0.15) is 4.33 Å². The van der Waals surface area contributed by atoms with Crippen molar-refractivity contribution in [1.29, 1.82) is 0 Å². The molecule has 0 N–H and O–H groups in total. The maximum atomic E-state index is 5.93. The van der Waals surface area contributed by atoms with Gasteiger partial charge in [-0.15, -0.1) is 33.4 Å². The van der Waals surface area contributed by atoms with Crippen molar-refractivity contribution in [3.05, 3.63) is 18.4 Å². The molecule has 7 heteroatoms. The summed E-state index contributed by atoms with van der Waals surface area (Å²) >= 11 is 13.3. The maximum absolute atomic E-state index is 5.93. The van der Waals surface area contributed by atoms with Gasteiger partial charge in [-0.25, -0.2) is 0 Å². The van der Waals surface area contributed by atoms with Crippen molar-refractivity contribution in [1.82, 2.24) is 10.2 Å². The highest BCUT2D eigenvalue weighted by atomic mass is 35.5. The van der Waals surface area contributed by atoms with Gasteiger partial charge in [0.15, 0.2) is 5.76 Å². The molecule has 2 heterocycles. The van der Waals surface area contributed by atoms with E-state index in [9.17, 15) is 0 Å². The zero-order valence-corrected chi connectivity index (χ0v) is 10.9. The Morgan fingerprint density at radius 1 is 1.47 bits per heavy atom. The summed E-state index contributed by atoms with van der Waals surface area (Å²) in [6.45, 7) is 0. The first-order valence-electron chi connectivity index (χ1n) is 5.03. The summed E-state index contributed by atoms with van der Waals surface area (Å²) in [5.41, 5.74) is 0. The van der Waals surface area contributed by atoms with E-state index in [0.717, 1.165) is 12.2 Å². The van der Waals surface area contributed by atoms with Crippen molar-refractivity contribution in [2.24, 2.45) is 5.92 Å². The number of rotatable bonds is 4. The van der Waals surface area contributed by atoms with Crippen molar-refractivity contribution < 1.29 is 8.83 Å². The summed E-state index contributed by atoms with van der Waals surface area (Å²) in [5.74, 6) is 2.04. The number of furan rings is 1. The molecule has 0 aliphatic heterocycles. The molecular formula is C10H8Cl2N2O2S. The summed E-state index contributed by atoms with van der Waals surface area (Å²) in [7, 11) is 0. The van der Waals surface area contributed by atoms with E-state index < -0.39 is 4.33 Å². The highest BCUT2D eigenvalue weighted by Gasteiger charge is 2.51. The van der Waals surface area contributed by atoms with Crippen molar-refractivity contribution in [3.63, 3.8) is 0 Å². The lowest BCUT2D eigenvalue weighted by Gasteiger charge is -1.95. The molecule has 0 amide bonds. The molecule has 1 aliphatic rings. The Hall–Kier alpha value is -0.650. The van der Waals surface area contributed by atoms with Gasteiger partial charge >= 0.3 is 0 Å². The molecule has 0 spiro atoms. The third-order valence-electron chi connectivity index (χ3n) is 2.50. The Morgan fingerprint density at radius 2 is 2.29 bits per heavy atom. The van der Waals surface area contributed by atoms with E-state index in [-0.39, 0.29) is 0 Å². The molecule has 2 aromatic rings. The third kappa shape index (κ3) is 2.46. The summed E-state index contributed by atoms with van der Waals surface area (Å²) in [6.07, 6.45) is 2.38. The Bertz CT molecular complexity index is 512. The van der Waals surface area contributed by atoms with E-state index in [0.29, 0.717) is 22.8 Å². The van der Waals surface area contributed by atoms with E-state index in [4.69, 9.17) is 32.0 Å². The monoisotopic (exact) mass is 290 g/mol. The van der Waals surface area contributed by atoms with E-state index >= 15 is 0 Å². The minimum absolute atomic E-state index is 0.301. The number of nitrogens with zero attached hydrogens (tertiary/aromatic N) is 2. The number of hydrogen-bond donors (Lipinski definition) is 0. The predicted octanol–water partition coefficient (Wildman–Crippen LogP) is 3.62. The number of hydrogen-bond acceptors (Lipinski definition) is 5. The van der Waals surface area contributed by atoms with E-state index in [1.165, 1.54) is 11.8 Å². The highest BCUT2D eigenvalue weighted by molar-refractivity contribution is 7.99. The predicted molar refractivity (Wildman–Crippen MR) is 65.3 cm³/mol. The molecule has 2 aromatic heterocycles. The van der Waals surface area contributed by atoms with Crippen LogP contribution in [0.5, 0.6) is 0 Å². The number of alkyl halides is 2. The van der Waals surface area contributed by atoms with Crippen LogP contribution in [0, 0.1) is 5.92 Å². The summed E-state index contributed by atoms with van der Waals surface area (Å²) in [4.78, 5) is 0. The lowest BCUT2D eigenvalue weighted by molar-refractivity contribution is 0.447. The molecule has 3 rings (SSSR count). The zero-order valence-electron chi connectivity index (χ0n) is 8.60. The molecule has 0 radical (unpaired) electrons. The van der Waals surface area contributed by atoms with Crippen LogP contribution < -0.4 is 0 Å². The van der Waals surface area contributed by atoms with Gasteiger partial charge in [-0.05, 0) is 18.6 Å². The average molecular weight is 291 g/mol. The van der Waals surface area contributed by atoms with Gasteiger partial charge < -0.3 is 8.83 Å². The van der Waals surface area contributed by atoms with Crippen LogP contribution in [0.4, 0.5) is 0 Å². The van der Waals surface area contributed by atoms with Gasteiger partial charge in [0.25, 0.3) is 11.1 Å². The van der Waals surface area contributed by atoms with Gasteiger partial charge in [0, 0.05) is 11.7 Å². The third-order valence-corrected chi connectivity index (χ3v) is 4.41. The molecule has 0 saturated heterocycles. The number of halogens is 2. The van der Waals surface area contributed by atoms with E-state index in [2.05, 4.69) is 10.2 Å². The van der Waals surface area contributed by atoms with Crippen LogP contribution in [0.15, 0.2) is 32.5 Å². The van der Waals surface area contributed by atoms with Crippen molar-refractivity contribution in [2.45, 2.75) is 16.0 Å². The lowest BCUT2D eigenvalue weighted by Crippen LogP contribution is -1.92. The largest absolute Gasteiger partial charge is 0.459 e. The van der Waals surface area contributed by atoms with Crippen molar-refractivity contribution in [2.75, 3.05) is 5.75 Å². The molecule has 0 bridgehead atoms. The standard InChI is InChI=1S/C10H8Cl2N2O2S/c11-10(12)4-6(10)5-17-9-14-13-8(16-9)7-2-1-3-15-7/h1-3,6H,4-5H2/t6-/m0/s1. The van der Waals surface area contributed by atoms with Crippen LogP contribution in [-0.2, 0) is 0 Å². The van der Waals surface area contributed by atoms with Crippen molar-refractivity contribution in [3.8, 4) is 11.7 Å². The number of aromatic nitrogens is 2. The second-order valence-corrected chi connectivity index (χ2v) is 6.34. The second-order valence-electron chi connectivity index (χ2n) is 3.82. The molecule has 0 aromatic carbocycles. The fraction of sp³-hybridized carbons (Fsp3) is 0.400. The van der Waals surface area contributed by atoms with E-state index in [1.54, 1.807) is 18.4 Å². The minimum Gasteiger partial charge on any atom is -0.459 e. The SMILES string of the molecule is ClC1(Cl)C[C@H]1CSc1nnc(-c2ccco2)o1. The van der Waals surface area contributed by atoms with Crippen LogP contribution in [0.3, 0.4) is 0 Å². The van der Waals surface area contributed by atoms with Crippen LogP contribution in [0.1, 0.15) is 6.42 Å². The molecule has 1 fully saturated rings.